The molecule has 2 rings (SSSR count). The van der Waals surface area contributed by atoms with Gasteiger partial charge in [-0.15, -0.1) is 0 Å². The summed E-state index contributed by atoms with van der Waals surface area (Å²) in [5, 5.41) is 2.57. The van der Waals surface area contributed by atoms with Crippen molar-refractivity contribution in [2.24, 2.45) is 0 Å². The van der Waals surface area contributed by atoms with Crippen molar-refractivity contribution < 1.29 is 18.8 Å². The summed E-state index contributed by atoms with van der Waals surface area (Å²) in [6.45, 7) is -0.124. The van der Waals surface area contributed by atoms with Crippen molar-refractivity contribution in [2.45, 2.75) is 12.8 Å². The Bertz CT molecular complexity index is 784. The second kappa shape index (κ2) is 8.89. The largest absolute Gasteiger partial charge is 0.349 e. The number of rotatable bonds is 7. The maximum Gasteiger partial charge on any atom is 0.253 e. The Kier molecular flexibility index (Phi) is 6.60. The Morgan fingerprint density at radius 2 is 1.50 bits per heavy atom. The molecule has 0 aliphatic rings. The highest BCUT2D eigenvalue weighted by Crippen LogP contribution is 2.08. The number of hydrogen-bond donors (Lipinski definition) is 1. The molecule has 0 aromatic heterocycles. The number of amides is 2. The van der Waals surface area contributed by atoms with Crippen LogP contribution >= 0.6 is 0 Å². The molecule has 2 aromatic carbocycles. The number of benzene rings is 2. The van der Waals surface area contributed by atoms with Crippen molar-refractivity contribution >= 4 is 17.6 Å². The van der Waals surface area contributed by atoms with Crippen LogP contribution in [0.15, 0.2) is 48.5 Å². The first-order valence-corrected chi connectivity index (χ1v) is 8.23. The van der Waals surface area contributed by atoms with Crippen molar-refractivity contribution in [1.29, 1.82) is 0 Å². The number of halogens is 1. The third-order valence-corrected chi connectivity index (χ3v) is 3.86. The minimum Gasteiger partial charge on any atom is -0.349 e. The molecule has 2 amide bonds. The van der Waals surface area contributed by atoms with E-state index in [0.717, 1.165) is 5.56 Å². The van der Waals surface area contributed by atoms with E-state index >= 15 is 0 Å². The van der Waals surface area contributed by atoms with Gasteiger partial charge in [0.15, 0.2) is 5.78 Å². The summed E-state index contributed by atoms with van der Waals surface area (Å²) in [5.41, 5.74) is 1.88. The van der Waals surface area contributed by atoms with Gasteiger partial charge in [0.05, 0.1) is 6.54 Å². The van der Waals surface area contributed by atoms with E-state index < -0.39 is 5.82 Å². The molecule has 0 saturated heterocycles. The van der Waals surface area contributed by atoms with Gasteiger partial charge >= 0.3 is 0 Å². The van der Waals surface area contributed by atoms with Gasteiger partial charge in [-0.25, -0.2) is 4.39 Å². The van der Waals surface area contributed by atoms with E-state index in [-0.39, 0.29) is 30.6 Å². The molecule has 2 aromatic rings. The summed E-state index contributed by atoms with van der Waals surface area (Å²) in [6, 6.07) is 12.3. The summed E-state index contributed by atoms with van der Waals surface area (Å²) >= 11 is 0. The SMILES string of the molecule is CN(C)C(=O)c1ccc(CCC(=O)NCC(=O)c2ccc(F)cc2)cc1. The molecule has 0 saturated carbocycles. The van der Waals surface area contributed by atoms with Crippen molar-refractivity contribution in [3.8, 4) is 0 Å². The molecule has 0 fully saturated rings. The third-order valence-electron chi connectivity index (χ3n) is 3.86. The van der Waals surface area contributed by atoms with Crippen molar-refractivity contribution in [3.63, 3.8) is 0 Å². The van der Waals surface area contributed by atoms with Gasteiger partial charge in [-0.3, -0.25) is 14.4 Å². The molecular formula is C20H21FN2O3. The van der Waals surface area contributed by atoms with Gasteiger partial charge in [0.2, 0.25) is 5.91 Å². The minimum absolute atomic E-state index is 0.0754. The second-order valence-electron chi connectivity index (χ2n) is 6.10. The van der Waals surface area contributed by atoms with Gasteiger partial charge in [-0.05, 0) is 48.4 Å². The van der Waals surface area contributed by atoms with Crippen molar-refractivity contribution in [3.05, 3.63) is 71.0 Å². The number of carbonyl (C=O) groups excluding carboxylic acids is 3. The molecule has 0 atom stereocenters. The summed E-state index contributed by atoms with van der Waals surface area (Å²) < 4.78 is 12.8. The molecule has 26 heavy (non-hydrogen) atoms. The van der Waals surface area contributed by atoms with E-state index in [2.05, 4.69) is 5.32 Å². The normalized spacial score (nSPS) is 10.3. The highest BCUT2D eigenvalue weighted by atomic mass is 19.1. The molecule has 6 heteroatoms. The van der Waals surface area contributed by atoms with Crippen LogP contribution in [0.5, 0.6) is 0 Å². The maximum atomic E-state index is 12.8. The molecule has 1 N–H and O–H groups in total. The van der Waals surface area contributed by atoms with E-state index in [1.165, 1.54) is 29.2 Å². The molecule has 0 radical (unpaired) electrons. The summed E-state index contributed by atoms with van der Waals surface area (Å²) in [7, 11) is 3.38. The summed E-state index contributed by atoms with van der Waals surface area (Å²) in [4.78, 5) is 37.1. The second-order valence-corrected chi connectivity index (χ2v) is 6.10. The van der Waals surface area contributed by atoms with Crippen molar-refractivity contribution in [1.82, 2.24) is 10.2 Å². The average molecular weight is 356 g/mol. The first-order chi connectivity index (χ1) is 12.4. The topological polar surface area (TPSA) is 66.5 Å². The lowest BCUT2D eigenvalue weighted by atomic mass is 10.1. The monoisotopic (exact) mass is 356 g/mol. The fraction of sp³-hybridized carbons (Fsp3) is 0.250. The van der Waals surface area contributed by atoms with Gasteiger partial charge in [0.1, 0.15) is 5.82 Å². The fourth-order valence-corrected chi connectivity index (χ4v) is 2.34. The standard InChI is InChI=1S/C20H21FN2O3/c1-23(2)20(26)16-6-3-14(4-7-16)5-12-19(25)22-13-18(24)15-8-10-17(21)11-9-15/h3-4,6-11H,5,12-13H2,1-2H3,(H,22,25). The molecule has 5 nitrogen and oxygen atoms in total. The van der Waals surface area contributed by atoms with E-state index in [1.54, 1.807) is 26.2 Å². The smallest absolute Gasteiger partial charge is 0.253 e. The van der Waals surface area contributed by atoms with Crippen LogP contribution in [0.25, 0.3) is 0 Å². The number of nitrogens with zero attached hydrogens (tertiary/aromatic N) is 1. The molecule has 0 unspecified atom stereocenters. The number of aryl methyl sites for hydroxylation is 1. The highest BCUT2D eigenvalue weighted by Gasteiger charge is 2.10. The molecule has 136 valence electrons. The first kappa shape index (κ1) is 19.3. The summed E-state index contributed by atoms with van der Waals surface area (Å²) in [6.07, 6.45) is 0.741. The maximum absolute atomic E-state index is 12.8. The molecule has 0 heterocycles. The van der Waals surface area contributed by atoms with E-state index in [9.17, 15) is 18.8 Å². The fourth-order valence-electron chi connectivity index (χ4n) is 2.34. The van der Waals surface area contributed by atoms with Crippen LogP contribution in [0.3, 0.4) is 0 Å². The van der Waals surface area contributed by atoms with Crippen LogP contribution in [0.2, 0.25) is 0 Å². The molecular weight excluding hydrogens is 335 g/mol. The third kappa shape index (κ3) is 5.51. The molecule has 0 spiro atoms. The Hall–Kier alpha value is -3.02. The van der Waals surface area contributed by atoms with Crippen LogP contribution in [0.4, 0.5) is 4.39 Å². The molecule has 0 bridgehead atoms. The zero-order chi connectivity index (χ0) is 19.1. The van der Waals surface area contributed by atoms with Gasteiger partial charge < -0.3 is 10.2 Å². The Labute approximate surface area is 151 Å². The predicted molar refractivity (Wildman–Crippen MR) is 96.5 cm³/mol. The zero-order valence-corrected chi connectivity index (χ0v) is 14.8. The van der Waals surface area contributed by atoms with Crippen LogP contribution in [0, 0.1) is 5.82 Å². The molecule has 0 aliphatic heterocycles. The van der Waals surface area contributed by atoms with Gasteiger partial charge in [-0.1, -0.05) is 12.1 Å². The Balaban J connectivity index is 1.78. The lowest BCUT2D eigenvalue weighted by molar-refractivity contribution is -0.120. The van der Waals surface area contributed by atoms with Gasteiger partial charge in [0, 0.05) is 31.6 Å². The number of Topliss-reactive ketones (excluding diaryl/α,β-unsaturated/α-hetero) is 1. The Morgan fingerprint density at radius 3 is 2.08 bits per heavy atom. The van der Waals surface area contributed by atoms with Crippen molar-refractivity contribution in [2.75, 3.05) is 20.6 Å². The number of carbonyl (C=O) groups is 3. The van der Waals surface area contributed by atoms with Crippen LogP contribution in [-0.2, 0) is 11.2 Å². The van der Waals surface area contributed by atoms with Crippen LogP contribution < -0.4 is 5.32 Å². The lowest BCUT2D eigenvalue weighted by Gasteiger charge is -2.10. The van der Waals surface area contributed by atoms with Crippen LogP contribution in [-0.4, -0.2) is 43.1 Å². The molecule has 0 aliphatic carbocycles. The average Bonchev–Trinajstić information content (AvgIpc) is 2.64. The zero-order valence-electron chi connectivity index (χ0n) is 14.8. The van der Waals surface area contributed by atoms with Crippen LogP contribution in [0.1, 0.15) is 32.7 Å². The minimum atomic E-state index is -0.413. The number of hydrogen-bond acceptors (Lipinski definition) is 3. The Morgan fingerprint density at radius 1 is 0.923 bits per heavy atom. The van der Waals surface area contributed by atoms with Gasteiger partial charge in [0.25, 0.3) is 5.91 Å². The quantitative estimate of drug-likeness (QED) is 0.775. The predicted octanol–water partition coefficient (Wildman–Crippen LogP) is 2.46. The van der Waals surface area contributed by atoms with E-state index in [1.807, 2.05) is 12.1 Å². The van der Waals surface area contributed by atoms with Gasteiger partial charge in [-0.2, -0.15) is 0 Å². The summed E-state index contributed by atoms with van der Waals surface area (Å²) in [5.74, 6) is -1.00. The highest BCUT2D eigenvalue weighted by molar-refractivity contribution is 5.99. The lowest BCUT2D eigenvalue weighted by Crippen LogP contribution is -2.29. The van der Waals surface area contributed by atoms with E-state index in [4.69, 9.17) is 0 Å². The number of nitrogens with one attached hydrogen (secondary N) is 1. The van der Waals surface area contributed by atoms with E-state index in [0.29, 0.717) is 17.5 Å². The first-order valence-electron chi connectivity index (χ1n) is 8.23. The number of ketones is 1.